The summed E-state index contributed by atoms with van der Waals surface area (Å²) in [6, 6.07) is 0. The molecule has 0 saturated heterocycles. The van der Waals surface area contributed by atoms with E-state index in [1.54, 1.807) is 20.8 Å². The van der Waals surface area contributed by atoms with Crippen molar-refractivity contribution in [2.45, 2.75) is 44.8 Å². The van der Waals surface area contributed by atoms with E-state index in [-0.39, 0.29) is 0 Å². The molecule has 0 radical (unpaired) electrons. The number of hydrogen-bond donors (Lipinski definition) is 1. The van der Waals surface area contributed by atoms with Crippen LogP contribution in [0, 0.1) is 0 Å². The highest BCUT2D eigenvalue weighted by molar-refractivity contribution is 7.92. The number of rotatable bonds is 6. The summed E-state index contributed by atoms with van der Waals surface area (Å²) in [7, 11) is -0.997. The molecule has 0 aliphatic rings. The van der Waals surface area contributed by atoms with Gasteiger partial charge in [0.2, 0.25) is 0 Å². The highest BCUT2D eigenvalue weighted by atomic mass is 32.2. The van der Waals surface area contributed by atoms with E-state index in [4.69, 9.17) is 0 Å². The Kier molecular flexibility index (Phi) is 5.67. The Balaban J connectivity index is 3.80. The lowest BCUT2D eigenvalue weighted by atomic mass is 10.2. The topological polar surface area (TPSA) is 46.2 Å². The second kappa shape index (κ2) is 5.71. The van der Waals surface area contributed by atoms with Crippen molar-refractivity contribution in [3.05, 3.63) is 0 Å². The molecule has 0 aromatic heterocycles. The predicted molar refractivity (Wildman–Crippen MR) is 61.3 cm³/mol. The number of hydrogen-bond acceptors (Lipinski definition) is 3. The maximum absolute atomic E-state index is 11.7. The lowest BCUT2D eigenvalue weighted by Crippen LogP contribution is -2.30. The summed E-state index contributed by atoms with van der Waals surface area (Å²) in [4.78, 5) is 0. The molecule has 0 fully saturated rings. The summed E-state index contributed by atoms with van der Waals surface area (Å²) >= 11 is 0. The smallest absolute Gasteiger partial charge is 0.155 e. The van der Waals surface area contributed by atoms with Crippen LogP contribution in [0.15, 0.2) is 0 Å². The molecule has 0 saturated carbocycles. The van der Waals surface area contributed by atoms with Crippen molar-refractivity contribution in [3.8, 4) is 0 Å². The van der Waals surface area contributed by atoms with Gasteiger partial charge in [-0.3, -0.25) is 0 Å². The molecule has 0 aliphatic carbocycles. The van der Waals surface area contributed by atoms with Crippen LogP contribution in [0.25, 0.3) is 0 Å². The van der Waals surface area contributed by atoms with E-state index in [2.05, 4.69) is 5.32 Å². The third kappa shape index (κ3) is 4.96. The maximum atomic E-state index is 11.7. The SMILES string of the molecule is CNCCCCCS(=O)(=O)C(C)(C)C. The van der Waals surface area contributed by atoms with Crippen LogP contribution in [-0.2, 0) is 9.84 Å². The van der Waals surface area contributed by atoms with Gasteiger partial charge in [-0.1, -0.05) is 6.42 Å². The average Bonchev–Trinajstić information content (AvgIpc) is 2.02. The number of sulfone groups is 1. The van der Waals surface area contributed by atoms with E-state index in [0.29, 0.717) is 5.75 Å². The fourth-order valence-corrected chi connectivity index (χ4v) is 2.27. The molecule has 1 N–H and O–H groups in total. The zero-order valence-corrected chi connectivity index (χ0v) is 10.6. The monoisotopic (exact) mass is 221 g/mol. The molecule has 3 nitrogen and oxygen atoms in total. The number of unbranched alkanes of at least 4 members (excludes halogenated alkanes) is 2. The molecule has 0 amide bonds. The van der Waals surface area contributed by atoms with Crippen molar-refractivity contribution in [2.24, 2.45) is 0 Å². The van der Waals surface area contributed by atoms with Crippen molar-refractivity contribution in [1.29, 1.82) is 0 Å². The van der Waals surface area contributed by atoms with Crippen LogP contribution in [0.2, 0.25) is 0 Å². The third-order valence-corrected chi connectivity index (χ3v) is 4.97. The normalized spacial score (nSPS) is 13.1. The molecule has 0 aliphatic heterocycles. The van der Waals surface area contributed by atoms with E-state index < -0.39 is 14.6 Å². The number of nitrogens with one attached hydrogen (secondary N) is 1. The molecule has 0 bridgehead atoms. The Morgan fingerprint density at radius 3 is 2.07 bits per heavy atom. The van der Waals surface area contributed by atoms with Crippen LogP contribution >= 0.6 is 0 Å². The zero-order valence-electron chi connectivity index (χ0n) is 9.76. The highest BCUT2D eigenvalue weighted by Gasteiger charge is 2.27. The molecule has 0 spiro atoms. The fourth-order valence-electron chi connectivity index (χ4n) is 1.08. The summed E-state index contributed by atoms with van der Waals surface area (Å²) < 4.78 is 22.7. The van der Waals surface area contributed by atoms with E-state index in [9.17, 15) is 8.42 Å². The molecular formula is C10H23NO2S. The van der Waals surface area contributed by atoms with Crippen molar-refractivity contribution in [2.75, 3.05) is 19.3 Å². The highest BCUT2D eigenvalue weighted by Crippen LogP contribution is 2.17. The van der Waals surface area contributed by atoms with Gasteiger partial charge in [-0.15, -0.1) is 0 Å². The molecule has 0 atom stereocenters. The van der Waals surface area contributed by atoms with Crippen LogP contribution in [0.4, 0.5) is 0 Å². The van der Waals surface area contributed by atoms with Crippen LogP contribution in [0.3, 0.4) is 0 Å². The second-order valence-electron chi connectivity index (χ2n) is 4.60. The summed E-state index contributed by atoms with van der Waals surface area (Å²) in [6.45, 7) is 6.25. The minimum Gasteiger partial charge on any atom is -0.320 e. The van der Waals surface area contributed by atoms with Gasteiger partial charge in [0.05, 0.1) is 10.5 Å². The Labute approximate surface area is 88.2 Å². The van der Waals surface area contributed by atoms with Gasteiger partial charge in [0.15, 0.2) is 9.84 Å². The second-order valence-corrected chi connectivity index (χ2v) is 7.46. The quantitative estimate of drug-likeness (QED) is 0.693. The van der Waals surface area contributed by atoms with Gasteiger partial charge < -0.3 is 5.32 Å². The minimum atomic E-state index is -2.91. The summed E-state index contributed by atoms with van der Waals surface area (Å²) in [5, 5.41) is 3.05. The molecular weight excluding hydrogens is 198 g/mol. The van der Waals surface area contributed by atoms with Crippen LogP contribution in [0.5, 0.6) is 0 Å². The van der Waals surface area contributed by atoms with Crippen molar-refractivity contribution in [3.63, 3.8) is 0 Å². The summed E-state index contributed by atoms with van der Waals surface area (Å²) in [5.74, 6) is 0.320. The van der Waals surface area contributed by atoms with Crippen molar-refractivity contribution >= 4 is 9.84 Å². The van der Waals surface area contributed by atoms with Crippen molar-refractivity contribution < 1.29 is 8.42 Å². The van der Waals surface area contributed by atoms with Crippen LogP contribution in [-0.4, -0.2) is 32.5 Å². The Hall–Kier alpha value is -0.0900. The predicted octanol–water partition coefficient (Wildman–Crippen LogP) is 1.59. The summed E-state index contributed by atoms with van der Waals surface area (Å²) in [5.41, 5.74) is 0. The van der Waals surface area contributed by atoms with Crippen molar-refractivity contribution in [1.82, 2.24) is 5.32 Å². The molecule has 0 aromatic rings. The third-order valence-electron chi connectivity index (χ3n) is 2.27. The Morgan fingerprint density at radius 2 is 1.64 bits per heavy atom. The van der Waals surface area contributed by atoms with E-state index in [1.807, 2.05) is 7.05 Å². The van der Waals surface area contributed by atoms with Crippen LogP contribution in [0.1, 0.15) is 40.0 Å². The van der Waals surface area contributed by atoms with Crippen LogP contribution < -0.4 is 5.32 Å². The molecule has 4 heteroatoms. The molecule has 0 aromatic carbocycles. The van der Waals surface area contributed by atoms with Gasteiger partial charge in [0, 0.05) is 0 Å². The first-order valence-electron chi connectivity index (χ1n) is 5.18. The van der Waals surface area contributed by atoms with Gasteiger partial charge in [-0.2, -0.15) is 0 Å². The first-order chi connectivity index (χ1) is 6.31. The Morgan fingerprint density at radius 1 is 1.07 bits per heavy atom. The first-order valence-corrected chi connectivity index (χ1v) is 6.83. The Bertz CT molecular complexity index is 239. The molecule has 0 heterocycles. The molecule has 0 rings (SSSR count). The van der Waals surface area contributed by atoms with E-state index in [0.717, 1.165) is 25.8 Å². The maximum Gasteiger partial charge on any atom is 0.155 e. The average molecular weight is 221 g/mol. The molecule has 0 unspecified atom stereocenters. The van der Waals surface area contributed by atoms with Gasteiger partial charge in [-0.05, 0) is 47.2 Å². The van der Waals surface area contributed by atoms with E-state index >= 15 is 0 Å². The van der Waals surface area contributed by atoms with Gasteiger partial charge in [-0.25, -0.2) is 8.42 Å². The molecule has 14 heavy (non-hydrogen) atoms. The zero-order chi connectivity index (χ0) is 11.2. The first kappa shape index (κ1) is 13.9. The lowest BCUT2D eigenvalue weighted by Gasteiger charge is -2.18. The largest absolute Gasteiger partial charge is 0.320 e. The fraction of sp³-hybridized carbons (Fsp3) is 1.00. The summed E-state index contributed by atoms with van der Waals surface area (Å²) in [6.07, 6.45) is 2.81. The van der Waals surface area contributed by atoms with Gasteiger partial charge in [0.1, 0.15) is 0 Å². The molecule has 86 valence electrons. The van der Waals surface area contributed by atoms with Gasteiger partial charge >= 0.3 is 0 Å². The minimum absolute atomic E-state index is 0.320. The standard InChI is InChI=1S/C10H23NO2S/c1-10(2,3)14(12,13)9-7-5-6-8-11-4/h11H,5-9H2,1-4H3. The van der Waals surface area contributed by atoms with Gasteiger partial charge in [0.25, 0.3) is 0 Å². The van der Waals surface area contributed by atoms with E-state index in [1.165, 1.54) is 0 Å². The lowest BCUT2D eigenvalue weighted by molar-refractivity contribution is 0.554.